The molecule has 0 aliphatic carbocycles. The number of aromatic nitrogens is 4. The molecule has 0 aliphatic heterocycles. The van der Waals surface area contributed by atoms with Crippen LogP contribution in [0.1, 0.15) is 49.9 Å². The topological polar surface area (TPSA) is 93.6 Å². The maximum atomic E-state index is 11.4. The van der Waals surface area contributed by atoms with Crippen molar-refractivity contribution in [1.29, 1.82) is 10.5 Å². The smallest absolute Gasteiger partial charge is 0.137 e. The molecule has 0 saturated heterocycles. The molecule has 19 aromatic rings. The van der Waals surface area contributed by atoms with E-state index in [-0.39, 0.29) is 0 Å². The van der Waals surface area contributed by atoms with Crippen LogP contribution >= 0.6 is 0 Å². The molecule has 13 aromatic carbocycles. The van der Waals surface area contributed by atoms with Crippen LogP contribution < -0.4 is 0 Å². The largest absolute Gasteiger partial charge is 0.456 e. The van der Waals surface area contributed by atoms with Crippen LogP contribution in [0.25, 0.3) is 165 Å². The Labute approximate surface area is 539 Å². The molecule has 0 atom stereocenters. The van der Waals surface area contributed by atoms with Crippen LogP contribution in [0.4, 0.5) is 0 Å². The van der Waals surface area contributed by atoms with Gasteiger partial charge in [0.25, 0.3) is 0 Å². The molecule has 0 bridgehead atoms. The predicted molar refractivity (Wildman–Crippen MR) is 386 cm³/mol. The van der Waals surface area contributed by atoms with Gasteiger partial charge < -0.3 is 27.1 Å². The average molecular weight is 1210 g/mol. The molecule has 442 valence electrons. The summed E-state index contributed by atoms with van der Waals surface area (Å²) >= 11 is 0. The molecule has 0 fully saturated rings. The van der Waals surface area contributed by atoms with Gasteiger partial charge in [-0.25, -0.2) is 0 Å². The number of nitrogens with zero attached hydrogens (tertiary/aromatic N) is 6. The van der Waals surface area contributed by atoms with E-state index in [1.54, 1.807) is 0 Å². The summed E-state index contributed by atoms with van der Waals surface area (Å²) < 4.78 is 24.3. The highest BCUT2D eigenvalue weighted by Gasteiger charge is 2.44. The van der Waals surface area contributed by atoms with Crippen LogP contribution in [0.15, 0.2) is 276 Å². The number of para-hydroxylation sites is 8. The van der Waals surface area contributed by atoms with E-state index in [1.165, 1.54) is 0 Å². The van der Waals surface area contributed by atoms with Crippen LogP contribution in [0.3, 0.4) is 0 Å². The third-order valence-electron chi connectivity index (χ3n) is 20.3. The zero-order chi connectivity index (χ0) is 62.9. The molecule has 0 unspecified atom stereocenters. The Balaban J connectivity index is 1.20. The first-order chi connectivity index (χ1) is 46.1. The van der Waals surface area contributed by atoms with E-state index in [2.05, 4.69) is 289 Å². The molecule has 6 heterocycles. The Kier molecular flexibility index (Phi) is 11.1. The fourth-order valence-electron chi connectivity index (χ4n) is 16.7. The molecular formula is C86H56N6O2. The lowest BCUT2D eigenvalue weighted by atomic mass is 9.74. The van der Waals surface area contributed by atoms with Crippen molar-refractivity contribution in [2.24, 2.45) is 0 Å². The van der Waals surface area contributed by atoms with Crippen LogP contribution in [0.5, 0.6) is 0 Å². The molecule has 94 heavy (non-hydrogen) atoms. The standard InChI is InChI=1S/C86H56N6O2/c1-85(2,91-67-37-15-7-27-55(67)56-28-8-16-38-68(56)91)79-75(53-25-21-23-51(47-53)49-87)83(89-65-35-13-5-31-59(65)61-43-45-73-77(81(61)89)63-33-11-19-41-71(63)93-73)80(86(3,4)92-69-39-17-9-29-57(69)58-30-10-18-40-70(58)92)84(76(79)54-26-22-24-52(48-54)50-88)90-66-36-14-6-32-60(66)62-44-46-74-78(82(62)90)64-34-12-20-42-72(64)94-74/h5-48H,1-4H3. The van der Waals surface area contributed by atoms with Gasteiger partial charge >= 0.3 is 0 Å². The van der Waals surface area contributed by atoms with Crippen molar-refractivity contribution in [3.05, 3.63) is 289 Å². The number of fused-ring (bicyclic) bond motifs is 20. The first-order valence-electron chi connectivity index (χ1n) is 32.0. The van der Waals surface area contributed by atoms with E-state index >= 15 is 0 Å². The zero-order valence-corrected chi connectivity index (χ0v) is 51.9. The minimum Gasteiger partial charge on any atom is -0.456 e. The summed E-state index contributed by atoms with van der Waals surface area (Å²) in [5.74, 6) is 0. The van der Waals surface area contributed by atoms with Gasteiger partial charge in [0.2, 0.25) is 0 Å². The first-order valence-corrected chi connectivity index (χ1v) is 32.0. The van der Waals surface area contributed by atoms with E-state index in [0.29, 0.717) is 11.1 Å². The molecule has 0 N–H and O–H groups in total. The number of benzene rings is 13. The quantitative estimate of drug-likeness (QED) is 0.151. The summed E-state index contributed by atoms with van der Waals surface area (Å²) in [5.41, 5.74) is 17.6. The van der Waals surface area contributed by atoms with Crippen molar-refractivity contribution >= 4 is 131 Å². The van der Waals surface area contributed by atoms with Gasteiger partial charge in [0.15, 0.2) is 0 Å². The summed E-state index contributed by atoms with van der Waals surface area (Å²) in [6.07, 6.45) is 0. The van der Waals surface area contributed by atoms with Gasteiger partial charge in [-0.15, -0.1) is 0 Å². The lowest BCUT2D eigenvalue weighted by molar-refractivity contribution is 0.455. The SMILES string of the molecule is CC(C)(c1c(-c2cccc(C#N)c2)c(-n2c3ccccc3c3ccc4oc5ccccc5c4c32)c(C(C)(C)n2c3ccccc3c3ccccc32)c(-n2c3ccccc3c3ccc4oc5ccccc5c4c32)c1-c1cccc(C#N)c1)n1c2ccccc2c2ccccc21. The monoisotopic (exact) mass is 1200 g/mol. The number of rotatable bonds is 8. The van der Waals surface area contributed by atoms with Crippen molar-refractivity contribution in [2.45, 2.75) is 38.8 Å². The van der Waals surface area contributed by atoms with Gasteiger partial charge in [0, 0.05) is 92.6 Å². The minimum absolute atomic E-state index is 0.520. The van der Waals surface area contributed by atoms with Crippen LogP contribution in [0, 0.1) is 22.7 Å². The summed E-state index contributed by atoms with van der Waals surface area (Å²) in [6.45, 7) is 9.57. The summed E-state index contributed by atoms with van der Waals surface area (Å²) in [7, 11) is 0. The molecule has 19 rings (SSSR count). The highest BCUT2D eigenvalue weighted by atomic mass is 16.3. The number of nitriles is 2. The summed E-state index contributed by atoms with van der Waals surface area (Å²) in [6, 6.07) is 100. The Hall–Kier alpha value is -12.4. The van der Waals surface area contributed by atoms with Crippen LogP contribution in [-0.2, 0) is 11.1 Å². The Morgan fingerprint density at radius 2 is 0.617 bits per heavy atom. The summed E-state index contributed by atoms with van der Waals surface area (Å²) in [5, 5.41) is 35.5. The number of furan rings is 2. The molecule has 8 heteroatoms. The van der Waals surface area contributed by atoms with E-state index in [4.69, 9.17) is 8.83 Å². The third-order valence-corrected chi connectivity index (χ3v) is 20.3. The van der Waals surface area contributed by atoms with Crippen molar-refractivity contribution < 1.29 is 8.83 Å². The van der Waals surface area contributed by atoms with Gasteiger partial charge in [0.1, 0.15) is 22.3 Å². The summed E-state index contributed by atoms with van der Waals surface area (Å²) in [4.78, 5) is 0. The number of hydrogen-bond acceptors (Lipinski definition) is 4. The van der Waals surface area contributed by atoms with Crippen molar-refractivity contribution in [3.8, 4) is 45.8 Å². The van der Waals surface area contributed by atoms with E-state index in [0.717, 1.165) is 176 Å². The molecule has 0 amide bonds. The molecule has 8 nitrogen and oxygen atoms in total. The first kappa shape index (κ1) is 53.5. The Morgan fingerprint density at radius 1 is 0.298 bits per heavy atom. The molecule has 6 aromatic heterocycles. The second-order valence-corrected chi connectivity index (χ2v) is 26.0. The van der Waals surface area contributed by atoms with E-state index in [1.807, 2.05) is 36.4 Å². The van der Waals surface area contributed by atoms with Crippen molar-refractivity contribution in [3.63, 3.8) is 0 Å². The van der Waals surface area contributed by atoms with Crippen molar-refractivity contribution in [2.75, 3.05) is 0 Å². The average Bonchev–Trinajstić information content (AvgIpc) is 1.33. The maximum absolute atomic E-state index is 11.4. The van der Waals surface area contributed by atoms with Crippen LogP contribution in [0.2, 0.25) is 0 Å². The Morgan fingerprint density at radius 3 is 0.989 bits per heavy atom. The maximum Gasteiger partial charge on any atom is 0.137 e. The third kappa shape index (κ3) is 7.19. The van der Waals surface area contributed by atoms with Crippen LogP contribution in [-0.4, -0.2) is 18.3 Å². The lowest BCUT2D eigenvalue weighted by Crippen LogP contribution is -2.35. The highest BCUT2D eigenvalue weighted by molar-refractivity contribution is 6.27. The predicted octanol–water partition coefficient (Wildman–Crippen LogP) is 22.5. The minimum atomic E-state index is -1.06. The normalized spacial score (nSPS) is 12.4. The van der Waals surface area contributed by atoms with Gasteiger partial charge in [-0.1, -0.05) is 170 Å². The van der Waals surface area contributed by atoms with E-state index < -0.39 is 11.1 Å². The number of hydrogen-bond donors (Lipinski definition) is 0. The second-order valence-electron chi connectivity index (χ2n) is 26.0. The Bertz CT molecular complexity index is 6220. The zero-order valence-electron chi connectivity index (χ0n) is 51.9. The van der Waals surface area contributed by atoms with Gasteiger partial charge in [-0.3, -0.25) is 0 Å². The lowest BCUT2D eigenvalue weighted by Gasteiger charge is -2.42. The van der Waals surface area contributed by atoms with Crippen molar-refractivity contribution in [1.82, 2.24) is 18.3 Å². The van der Waals surface area contributed by atoms with E-state index in [9.17, 15) is 10.5 Å². The van der Waals surface area contributed by atoms with Gasteiger partial charge in [-0.05, 0) is 141 Å². The van der Waals surface area contributed by atoms with Gasteiger partial charge in [-0.2, -0.15) is 10.5 Å². The molecule has 0 radical (unpaired) electrons. The fraction of sp³-hybridized carbons (Fsp3) is 0.0698. The second kappa shape index (κ2) is 19.6. The molecular weight excluding hydrogens is 1150 g/mol. The highest BCUT2D eigenvalue weighted by Crippen LogP contribution is 2.58. The molecule has 0 aliphatic rings. The molecule has 0 spiro atoms. The van der Waals surface area contributed by atoms with Gasteiger partial charge in [0.05, 0.1) is 78.6 Å². The fourth-order valence-corrected chi connectivity index (χ4v) is 16.7. The molecule has 0 saturated carbocycles.